The maximum absolute atomic E-state index is 12.2. The van der Waals surface area contributed by atoms with E-state index in [-0.39, 0.29) is 10.6 Å². The number of pyridine rings is 2. The van der Waals surface area contributed by atoms with Crippen LogP contribution >= 0.6 is 23.2 Å². The highest BCUT2D eigenvalue weighted by Crippen LogP contribution is 2.15. The van der Waals surface area contributed by atoms with Gasteiger partial charge in [0.1, 0.15) is 16.7 Å². The summed E-state index contributed by atoms with van der Waals surface area (Å²) >= 11 is 11.9. The lowest BCUT2D eigenvalue weighted by molar-refractivity contribution is 0.737. The Morgan fingerprint density at radius 2 is 1.80 bits per heavy atom. The summed E-state index contributed by atoms with van der Waals surface area (Å²) in [5.41, 5.74) is 2.29. The molecule has 6 nitrogen and oxygen atoms in total. The van der Waals surface area contributed by atoms with Gasteiger partial charge in [-0.25, -0.2) is 9.97 Å². The molecule has 3 aromatic heterocycles. The first-order chi connectivity index (χ1) is 14.5. The number of aromatic nitrogens is 4. The first-order valence-electron chi connectivity index (χ1n) is 9.05. The predicted octanol–water partition coefficient (Wildman–Crippen LogP) is 4.25. The maximum Gasteiger partial charge on any atom is 0.275 e. The van der Waals surface area contributed by atoms with Gasteiger partial charge in [0, 0.05) is 31.2 Å². The summed E-state index contributed by atoms with van der Waals surface area (Å²) < 4.78 is 3.36. The van der Waals surface area contributed by atoms with Crippen LogP contribution in [-0.4, -0.2) is 19.1 Å². The molecule has 30 heavy (non-hydrogen) atoms. The molecule has 8 heteroatoms. The van der Waals surface area contributed by atoms with E-state index in [0.29, 0.717) is 29.4 Å². The number of nitrogens with zero attached hydrogens (tertiary/aromatic N) is 5. The lowest BCUT2D eigenvalue weighted by Crippen LogP contribution is -2.19. The molecule has 0 aliphatic carbocycles. The molecule has 4 rings (SSSR count). The van der Waals surface area contributed by atoms with Gasteiger partial charge < -0.3 is 4.57 Å². The van der Waals surface area contributed by atoms with E-state index < -0.39 is 0 Å². The molecular formula is C22H15Cl2N5O. The van der Waals surface area contributed by atoms with Crippen molar-refractivity contribution in [1.29, 1.82) is 5.26 Å². The number of hydrogen-bond acceptors (Lipinski definition) is 4. The molecule has 0 atom stereocenters. The van der Waals surface area contributed by atoms with Crippen molar-refractivity contribution < 1.29 is 0 Å². The Morgan fingerprint density at radius 3 is 2.50 bits per heavy atom. The van der Waals surface area contributed by atoms with Crippen molar-refractivity contribution in [1.82, 2.24) is 19.1 Å². The van der Waals surface area contributed by atoms with Crippen LogP contribution in [0.5, 0.6) is 0 Å². The average molecular weight is 436 g/mol. The smallest absolute Gasteiger partial charge is 0.275 e. The van der Waals surface area contributed by atoms with Gasteiger partial charge in [0.25, 0.3) is 5.56 Å². The van der Waals surface area contributed by atoms with Crippen LogP contribution < -0.4 is 5.56 Å². The van der Waals surface area contributed by atoms with Gasteiger partial charge >= 0.3 is 0 Å². The highest BCUT2D eigenvalue weighted by Gasteiger charge is 2.09. The first kappa shape index (κ1) is 19.9. The van der Waals surface area contributed by atoms with Gasteiger partial charge in [-0.3, -0.25) is 9.36 Å². The normalized spacial score (nSPS) is 10.7. The molecule has 0 unspecified atom stereocenters. The Morgan fingerprint density at radius 1 is 1.03 bits per heavy atom. The van der Waals surface area contributed by atoms with Crippen molar-refractivity contribution in [2.24, 2.45) is 0 Å². The number of nitriles is 1. The van der Waals surface area contributed by atoms with E-state index in [9.17, 15) is 4.79 Å². The largest absolute Gasteiger partial charge is 0.330 e. The molecule has 0 aliphatic heterocycles. The maximum atomic E-state index is 12.2. The molecule has 0 aliphatic rings. The number of benzene rings is 1. The van der Waals surface area contributed by atoms with Gasteiger partial charge in [0.05, 0.1) is 23.2 Å². The second kappa shape index (κ2) is 8.54. The SMILES string of the molecule is N#Cc1ccc(Cc2nccn2Cc2ccc(-n3cc(Cl)cc(Cl)c3=O)nc2)cc1. The molecule has 0 spiro atoms. The Labute approximate surface area is 182 Å². The van der Waals surface area contributed by atoms with Crippen LogP contribution in [0.25, 0.3) is 5.82 Å². The molecule has 0 fully saturated rings. The van der Waals surface area contributed by atoms with E-state index in [0.717, 1.165) is 17.0 Å². The summed E-state index contributed by atoms with van der Waals surface area (Å²) in [4.78, 5) is 21.1. The van der Waals surface area contributed by atoms with E-state index in [1.54, 1.807) is 30.6 Å². The zero-order valence-corrected chi connectivity index (χ0v) is 17.2. The molecular weight excluding hydrogens is 421 g/mol. The number of hydrogen-bond donors (Lipinski definition) is 0. The minimum Gasteiger partial charge on any atom is -0.330 e. The lowest BCUT2D eigenvalue weighted by Gasteiger charge is -2.10. The summed E-state index contributed by atoms with van der Waals surface area (Å²) in [6.45, 7) is 0.587. The molecule has 0 bridgehead atoms. The minimum absolute atomic E-state index is 0.0410. The van der Waals surface area contributed by atoms with E-state index in [4.69, 9.17) is 28.5 Å². The molecule has 4 aromatic rings. The molecule has 0 saturated heterocycles. The van der Waals surface area contributed by atoms with Crippen molar-refractivity contribution in [3.8, 4) is 11.9 Å². The minimum atomic E-state index is -0.374. The Kier molecular flexibility index (Phi) is 5.66. The van der Waals surface area contributed by atoms with E-state index in [1.807, 2.05) is 29.0 Å². The van der Waals surface area contributed by atoms with Crippen molar-refractivity contribution >= 4 is 23.2 Å². The van der Waals surface area contributed by atoms with Crippen LogP contribution in [0, 0.1) is 11.3 Å². The fraction of sp³-hybridized carbons (Fsp3) is 0.0909. The van der Waals surface area contributed by atoms with Gasteiger partial charge in [-0.2, -0.15) is 5.26 Å². The summed E-state index contributed by atoms with van der Waals surface area (Å²) in [7, 11) is 0. The zero-order chi connectivity index (χ0) is 21.1. The predicted molar refractivity (Wildman–Crippen MR) is 115 cm³/mol. The van der Waals surface area contributed by atoms with Crippen LogP contribution in [0.2, 0.25) is 10.0 Å². The molecule has 0 saturated carbocycles. The monoisotopic (exact) mass is 435 g/mol. The van der Waals surface area contributed by atoms with Gasteiger partial charge in [-0.05, 0) is 35.4 Å². The standard InChI is InChI=1S/C22H15Cl2N5O/c23-18-10-19(24)22(30)29(14-18)20-6-5-17(12-27-20)13-28-8-7-26-21(28)9-15-1-3-16(11-25)4-2-15/h1-8,10,12,14H,9,13H2. The average Bonchev–Trinajstić information content (AvgIpc) is 3.18. The second-order valence-corrected chi connectivity index (χ2v) is 7.51. The van der Waals surface area contributed by atoms with Crippen LogP contribution in [-0.2, 0) is 13.0 Å². The molecule has 1 aromatic carbocycles. The van der Waals surface area contributed by atoms with E-state index >= 15 is 0 Å². The van der Waals surface area contributed by atoms with Crippen molar-refractivity contribution in [3.05, 3.63) is 110 Å². The van der Waals surface area contributed by atoms with Crippen molar-refractivity contribution in [2.75, 3.05) is 0 Å². The summed E-state index contributed by atoms with van der Waals surface area (Å²) in [5.74, 6) is 1.35. The van der Waals surface area contributed by atoms with Crippen molar-refractivity contribution in [2.45, 2.75) is 13.0 Å². The quantitative estimate of drug-likeness (QED) is 0.469. The fourth-order valence-corrected chi connectivity index (χ4v) is 3.54. The van der Waals surface area contributed by atoms with Crippen LogP contribution in [0.3, 0.4) is 0 Å². The van der Waals surface area contributed by atoms with Crippen molar-refractivity contribution in [3.63, 3.8) is 0 Å². The van der Waals surface area contributed by atoms with E-state index in [2.05, 4.69) is 16.0 Å². The number of halogens is 2. The number of imidazole rings is 1. The summed E-state index contributed by atoms with van der Waals surface area (Å²) in [5, 5.41) is 9.32. The Hall–Kier alpha value is -3.40. The third kappa shape index (κ3) is 4.28. The third-order valence-corrected chi connectivity index (χ3v) is 5.07. The van der Waals surface area contributed by atoms with Crippen LogP contribution in [0.1, 0.15) is 22.5 Å². The second-order valence-electron chi connectivity index (χ2n) is 6.66. The van der Waals surface area contributed by atoms with Crippen LogP contribution in [0.4, 0.5) is 0 Å². The van der Waals surface area contributed by atoms with E-state index in [1.165, 1.54) is 16.8 Å². The topological polar surface area (TPSA) is 76.5 Å². The fourth-order valence-electron chi connectivity index (χ4n) is 3.07. The highest BCUT2D eigenvalue weighted by molar-refractivity contribution is 6.34. The first-order valence-corrected chi connectivity index (χ1v) is 9.81. The Balaban J connectivity index is 1.53. The lowest BCUT2D eigenvalue weighted by atomic mass is 10.1. The molecule has 0 amide bonds. The Bertz CT molecular complexity index is 1290. The third-order valence-electron chi connectivity index (χ3n) is 4.60. The molecule has 3 heterocycles. The summed E-state index contributed by atoms with van der Waals surface area (Å²) in [6.07, 6.45) is 7.52. The van der Waals surface area contributed by atoms with Crippen LogP contribution in [0.15, 0.2) is 72.0 Å². The zero-order valence-electron chi connectivity index (χ0n) is 15.7. The van der Waals surface area contributed by atoms with Gasteiger partial charge in [0.2, 0.25) is 0 Å². The molecule has 0 N–H and O–H groups in total. The van der Waals surface area contributed by atoms with Gasteiger partial charge in [-0.15, -0.1) is 0 Å². The van der Waals surface area contributed by atoms with Gasteiger partial charge in [-0.1, -0.05) is 41.4 Å². The summed E-state index contributed by atoms with van der Waals surface area (Å²) in [6, 6.07) is 14.6. The van der Waals surface area contributed by atoms with Gasteiger partial charge in [0.15, 0.2) is 0 Å². The number of rotatable bonds is 5. The highest BCUT2D eigenvalue weighted by atomic mass is 35.5. The molecule has 148 valence electrons. The molecule has 0 radical (unpaired) electrons.